The Morgan fingerprint density at radius 3 is 2.89 bits per heavy atom. The minimum absolute atomic E-state index is 0.109. The molecule has 3 fully saturated rings. The summed E-state index contributed by atoms with van der Waals surface area (Å²) in [6.07, 6.45) is 2.87. The molecule has 4 heterocycles. The number of amides is 1. The summed E-state index contributed by atoms with van der Waals surface area (Å²) < 4.78 is 0.737. The Balaban J connectivity index is 1.56. The molecule has 1 amide bonds. The lowest BCUT2D eigenvalue weighted by atomic mass is 9.84. The Labute approximate surface area is 115 Å². The summed E-state index contributed by atoms with van der Waals surface area (Å²) in [5.41, 5.74) is 0.920. The molecule has 0 spiro atoms. The van der Waals surface area contributed by atoms with Crippen molar-refractivity contribution >= 4 is 29.5 Å². The molecule has 1 unspecified atom stereocenters. The highest BCUT2D eigenvalue weighted by Gasteiger charge is 2.34. The molecule has 2 bridgehead atoms. The van der Waals surface area contributed by atoms with Crippen LogP contribution >= 0.6 is 23.6 Å². The standard InChI is InChI=1S/C12H17N3OS2/c16-11(5-9-7-18-12(17)13-9)14-10-6-15-3-1-8(10)2-4-15/h7-8,10H,1-6H2,(H,13,17)(H,14,16). The molecular weight excluding hydrogens is 266 g/mol. The summed E-state index contributed by atoms with van der Waals surface area (Å²) >= 11 is 6.49. The zero-order valence-electron chi connectivity index (χ0n) is 10.1. The van der Waals surface area contributed by atoms with Gasteiger partial charge in [0.05, 0.1) is 6.42 Å². The molecule has 98 valence electrons. The van der Waals surface area contributed by atoms with Crippen molar-refractivity contribution in [2.24, 2.45) is 5.92 Å². The molecule has 18 heavy (non-hydrogen) atoms. The first-order valence-electron chi connectivity index (χ1n) is 6.39. The lowest BCUT2D eigenvalue weighted by molar-refractivity contribution is -0.122. The van der Waals surface area contributed by atoms with Crippen molar-refractivity contribution < 1.29 is 4.79 Å². The molecule has 4 rings (SSSR count). The number of aromatic amines is 1. The number of aromatic nitrogens is 1. The number of hydrogen-bond acceptors (Lipinski definition) is 4. The minimum atomic E-state index is 0.109. The summed E-state index contributed by atoms with van der Waals surface area (Å²) in [7, 11) is 0. The van der Waals surface area contributed by atoms with Crippen LogP contribution in [0.1, 0.15) is 18.5 Å². The third-order valence-corrected chi connectivity index (χ3v) is 5.03. The minimum Gasteiger partial charge on any atom is -0.351 e. The van der Waals surface area contributed by atoms with E-state index >= 15 is 0 Å². The van der Waals surface area contributed by atoms with Gasteiger partial charge in [-0.1, -0.05) is 0 Å². The van der Waals surface area contributed by atoms with E-state index < -0.39 is 0 Å². The molecular formula is C12H17N3OS2. The van der Waals surface area contributed by atoms with E-state index in [4.69, 9.17) is 12.2 Å². The third kappa shape index (κ3) is 2.65. The van der Waals surface area contributed by atoms with Gasteiger partial charge in [-0.05, 0) is 44.1 Å². The molecule has 6 heteroatoms. The number of carbonyl (C=O) groups is 1. The molecule has 0 saturated carbocycles. The van der Waals surface area contributed by atoms with Gasteiger partial charge in [-0.15, -0.1) is 11.3 Å². The molecule has 3 aliphatic heterocycles. The number of nitrogens with zero attached hydrogens (tertiary/aromatic N) is 1. The topological polar surface area (TPSA) is 48.1 Å². The summed E-state index contributed by atoms with van der Waals surface area (Å²) in [6, 6.07) is 0.349. The number of nitrogens with one attached hydrogen (secondary N) is 2. The maximum absolute atomic E-state index is 12.0. The van der Waals surface area contributed by atoms with Gasteiger partial charge in [0.15, 0.2) is 3.95 Å². The van der Waals surface area contributed by atoms with Crippen molar-refractivity contribution in [2.45, 2.75) is 25.3 Å². The summed E-state index contributed by atoms with van der Waals surface area (Å²) in [5, 5.41) is 5.11. The average Bonchev–Trinajstić information content (AvgIpc) is 2.76. The maximum atomic E-state index is 12.0. The fourth-order valence-electron chi connectivity index (χ4n) is 2.96. The number of rotatable bonds is 3. The second-order valence-corrected chi connectivity index (χ2v) is 6.71. The lowest BCUT2D eigenvalue weighted by Gasteiger charge is -2.44. The van der Waals surface area contributed by atoms with Crippen LogP contribution in [0.4, 0.5) is 0 Å². The van der Waals surface area contributed by atoms with Crippen molar-refractivity contribution in [1.82, 2.24) is 15.2 Å². The van der Waals surface area contributed by atoms with Gasteiger partial charge in [0.1, 0.15) is 0 Å². The van der Waals surface area contributed by atoms with Crippen LogP contribution < -0.4 is 5.32 Å². The van der Waals surface area contributed by atoms with Crippen LogP contribution in [0.15, 0.2) is 5.38 Å². The molecule has 3 saturated heterocycles. The summed E-state index contributed by atoms with van der Waals surface area (Å²) in [4.78, 5) is 17.5. The molecule has 4 nitrogen and oxygen atoms in total. The van der Waals surface area contributed by atoms with Crippen molar-refractivity contribution in [3.8, 4) is 0 Å². The zero-order chi connectivity index (χ0) is 12.5. The van der Waals surface area contributed by atoms with Crippen LogP contribution in [0.5, 0.6) is 0 Å². The van der Waals surface area contributed by atoms with Crippen molar-refractivity contribution in [2.75, 3.05) is 19.6 Å². The molecule has 1 aromatic heterocycles. The van der Waals surface area contributed by atoms with E-state index in [2.05, 4.69) is 15.2 Å². The highest BCUT2D eigenvalue weighted by molar-refractivity contribution is 7.73. The monoisotopic (exact) mass is 283 g/mol. The zero-order valence-corrected chi connectivity index (χ0v) is 11.8. The van der Waals surface area contributed by atoms with Gasteiger partial charge in [-0.3, -0.25) is 4.79 Å². The molecule has 0 aromatic carbocycles. The molecule has 1 aromatic rings. The lowest BCUT2D eigenvalue weighted by Crippen LogP contribution is -2.57. The fourth-order valence-corrected chi connectivity index (χ4v) is 3.82. The van der Waals surface area contributed by atoms with Crippen molar-refractivity contribution in [3.63, 3.8) is 0 Å². The molecule has 3 aliphatic rings. The highest BCUT2D eigenvalue weighted by Crippen LogP contribution is 2.27. The normalized spacial score (nSPS) is 30.3. The number of piperidine rings is 3. The van der Waals surface area contributed by atoms with Crippen LogP contribution in [0.3, 0.4) is 0 Å². The number of H-pyrrole nitrogens is 1. The van der Waals surface area contributed by atoms with Gasteiger partial charge in [-0.2, -0.15) is 0 Å². The molecule has 2 N–H and O–H groups in total. The Bertz CT molecular complexity index is 488. The quantitative estimate of drug-likeness (QED) is 0.828. The highest BCUT2D eigenvalue weighted by atomic mass is 32.1. The predicted molar refractivity (Wildman–Crippen MR) is 74.3 cm³/mol. The van der Waals surface area contributed by atoms with E-state index in [0.29, 0.717) is 18.4 Å². The average molecular weight is 283 g/mol. The van der Waals surface area contributed by atoms with Gasteiger partial charge in [0, 0.05) is 23.7 Å². The Morgan fingerprint density at radius 2 is 2.33 bits per heavy atom. The molecule has 0 aliphatic carbocycles. The largest absolute Gasteiger partial charge is 0.351 e. The first-order valence-corrected chi connectivity index (χ1v) is 7.68. The van der Waals surface area contributed by atoms with Gasteiger partial charge in [0.25, 0.3) is 0 Å². The van der Waals surface area contributed by atoms with Crippen LogP contribution in [0.2, 0.25) is 0 Å². The summed E-state index contributed by atoms with van der Waals surface area (Å²) in [5.74, 6) is 0.790. The maximum Gasteiger partial charge on any atom is 0.226 e. The number of hydrogen-bond donors (Lipinski definition) is 2. The van der Waals surface area contributed by atoms with Crippen molar-refractivity contribution in [1.29, 1.82) is 0 Å². The predicted octanol–water partition coefficient (Wildman–Crippen LogP) is 1.56. The van der Waals surface area contributed by atoms with Gasteiger partial charge < -0.3 is 15.2 Å². The summed E-state index contributed by atoms with van der Waals surface area (Å²) in [6.45, 7) is 3.43. The van der Waals surface area contributed by atoms with E-state index in [9.17, 15) is 4.79 Å². The van der Waals surface area contributed by atoms with E-state index in [0.717, 1.165) is 16.2 Å². The van der Waals surface area contributed by atoms with E-state index in [1.807, 2.05) is 5.38 Å². The fraction of sp³-hybridized carbons (Fsp3) is 0.667. The van der Waals surface area contributed by atoms with Crippen molar-refractivity contribution in [3.05, 3.63) is 15.0 Å². The number of carbonyl (C=O) groups excluding carboxylic acids is 1. The van der Waals surface area contributed by atoms with E-state index in [1.165, 1.54) is 37.3 Å². The van der Waals surface area contributed by atoms with Crippen LogP contribution in [0, 0.1) is 9.87 Å². The Kier molecular flexibility index (Phi) is 3.50. The van der Waals surface area contributed by atoms with Gasteiger partial charge >= 0.3 is 0 Å². The smallest absolute Gasteiger partial charge is 0.226 e. The molecule has 0 radical (unpaired) electrons. The van der Waals surface area contributed by atoms with Gasteiger partial charge in [-0.25, -0.2) is 0 Å². The SMILES string of the molecule is O=C(Cc1csc(=S)[nH]1)NC1CN2CCC1CC2. The number of thiazole rings is 1. The van der Waals surface area contributed by atoms with Crippen LogP contribution in [0.25, 0.3) is 0 Å². The van der Waals surface area contributed by atoms with Gasteiger partial charge in [0.2, 0.25) is 5.91 Å². The first-order chi connectivity index (χ1) is 8.70. The van der Waals surface area contributed by atoms with E-state index in [1.54, 1.807) is 0 Å². The van der Waals surface area contributed by atoms with E-state index in [-0.39, 0.29) is 5.91 Å². The molecule has 1 atom stereocenters. The second kappa shape index (κ2) is 5.11. The third-order valence-electron chi connectivity index (χ3n) is 3.92. The van der Waals surface area contributed by atoms with Crippen LogP contribution in [-0.2, 0) is 11.2 Å². The number of fused-ring (bicyclic) bond motifs is 3. The Morgan fingerprint density at radius 1 is 1.56 bits per heavy atom. The van der Waals surface area contributed by atoms with Crippen LogP contribution in [-0.4, -0.2) is 41.5 Å². The second-order valence-electron chi connectivity index (χ2n) is 5.16. The first kappa shape index (κ1) is 12.3. The Hall–Kier alpha value is -0.720.